The number of carboxylic acids is 1. The van der Waals surface area contributed by atoms with Crippen LogP contribution < -0.4 is 9.47 Å². The molecular formula is C29H37NO6. The number of ketones is 1. The molecule has 194 valence electrons. The molecule has 3 rings (SSSR count). The van der Waals surface area contributed by atoms with Crippen LogP contribution in [0.25, 0.3) is 6.08 Å². The Morgan fingerprint density at radius 2 is 1.53 bits per heavy atom. The zero-order valence-electron chi connectivity index (χ0n) is 22.1. The molecule has 0 aromatic heterocycles. The molecule has 2 aromatic carbocycles. The molecule has 1 heterocycles. The summed E-state index contributed by atoms with van der Waals surface area (Å²) in [5.74, 6) is 0.245. The minimum Gasteiger partial charge on any atom is -0.492 e. The van der Waals surface area contributed by atoms with Gasteiger partial charge in [-0.1, -0.05) is 6.08 Å². The van der Waals surface area contributed by atoms with Crippen LogP contribution >= 0.6 is 0 Å². The molecule has 1 N–H and O–H groups in total. The molecule has 0 saturated carbocycles. The summed E-state index contributed by atoms with van der Waals surface area (Å²) in [6.07, 6.45) is 3.33. The lowest BCUT2D eigenvalue weighted by molar-refractivity contribution is -0.152. The topological polar surface area (TPSA) is 85.3 Å². The number of nitrogens with zero attached hydrogens (tertiary/aromatic N) is 1. The van der Waals surface area contributed by atoms with Gasteiger partial charge in [-0.25, -0.2) is 4.79 Å². The molecule has 0 bridgehead atoms. The first-order chi connectivity index (χ1) is 17.0. The van der Waals surface area contributed by atoms with Crippen LogP contribution in [0.1, 0.15) is 52.0 Å². The quantitative estimate of drug-likeness (QED) is 0.375. The highest BCUT2D eigenvalue weighted by Gasteiger charge is 2.30. The van der Waals surface area contributed by atoms with E-state index in [1.807, 2.05) is 52.0 Å². The summed E-state index contributed by atoms with van der Waals surface area (Å²) in [5, 5.41) is 9.36. The maximum atomic E-state index is 12.9. The van der Waals surface area contributed by atoms with Gasteiger partial charge in [-0.2, -0.15) is 0 Å². The van der Waals surface area contributed by atoms with Gasteiger partial charge in [-0.3, -0.25) is 9.69 Å². The van der Waals surface area contributed by atoms with E-state index in [0.29, 0.717) is 17.9 Å². The Morgan fingerprint density at radius 1 is 0.972 bits per heavy atom. The summed E-state index contributed by atoms with van der Waals surface area (Å²) in [6, 6.07) is 7.49. The number of benzene rings is 2. The third kappa shape index (κ3) is 6.95. The van der Waals surface area contributed by atoms with Crippen molar-refractivity contribution in [2.75, 3.05) is 39.5 Å². The molecule has 1 fully saturated rings. The van der Waals surface area contributed by atoms with Crippen molar-refractivity contribution in [1.29, 1.82) is 0 Å². The average molecular weight is 496 g/mol. The number of allylic oxidation sites excluding steroid dienone is 1. The molecule has 0 spiro atoms. The molecule has 2 aromatic rings. The fourth-order valence-corrected chi connectivity index (χ4v) is 4.23. The predicted molar refractivity (Wildman–Crippen MR) is 140 cm³/mol. The largest absolute Gasteiger partial charge is 0.492 e. The second-order valence-electron chi connectivity index (χ2n) is 9.84. The van der Waals surface area contributed by atoms with Crippen molar-refractivity contribution in [3.8, 4) is 11.5 Å². The van der Waals surface area contributed by atoms with Gasteiger partial charge in [0.1, 0.15) is 18.1 Å². The Balaban J connectivity index is 1.67. The van der Waals surface area contributed by atoms with Gasteiger partial charge in [0.25, 0.3) is 0 Å². The highest BCUT2D eigenvalue weighted by atomic mass is 16.5. The van der Waals surface area contributed by atoms with Crippen molar-refractivity contribution in [3.63, 3.8) is 0 Å². The number of carbonyl (C=O) groups excluding carboxylic acids is 1. The first kappa shape index (κ1) is 27.4. The third-order valence-corrected chi connectivity index (χ3v) is 6.28. The van der Waals surface area contributed by atoms with Crippen molar-refractivity contribution in [2.24, 2.45) is 0 Å². The molecule has 36 heavy (non-hydrogen) atoms. The number of aryl methyl sites for hydroxylation is 4. The van der Waals surface area contributed by atoms with E-state index in [1.54, 1.807) is 12.2 Å². The van der Waals surface area contributed by atoms with Crippen molar-refractivity contribution < 1.29 is 28.9 Å². The van der Waals surface area contributed by atoms with Gasteiger partial charge >= 0.3 is 5.97 Å². The van der Waals surface area contributed by atoms with Crippen LogP contribution in [0.15, 0.2) is 30.3 Å². The number of carbonyl (C=O) groups is 2. The second-order valence-corrected chi connectivity index (χ2v) is 9.84. The molecule has 1 aliphatic heterocycles. The SMILES string of the molecule is Cc1cc(C(=O)/C=C/c2cc(C)c(OC(C)(C)C(=O)O)c(C)c2)cc(C)c1OCCN1CCOCC1. The lowest BCUT2D eigenvalue weighted by atomic mass is 10.0. The van der Waals surface area contributed by atoms with Gasteiger partial charge in [0.2, 0.25) is 0 Å². The van der Waals surface area contributed by atoms with E-state index in [0.717, 1.165) is 66.4 Å². The van der Waals surface area contributed by atoms with E-state index >= 15 is 0 Å². The van der Waals surface area contributed by atoms with Crippen LogP contribution in [-0.4, -0.2) is 66.8 Å². The van der Waals surface area contributed by atoms with Crippen LogP contribution in [0.5, 0.6) is 11.5 Å². The number of ether oxygens (including phenoxy) is 3. The maximum Gasteiger partial charge on any atom is 0.347 e. The van der Waals surface area contributed by atoms with E-state index in [-0.39, 0.29) is 5.78 Å². The van der Waals surface area contributed by atoms with Crippen molar-refractivity contribution in [3.05, 3.63) is 63.7 Å². The van der Waals surface area contributed by atoms with Gasteiger partial charge in [0, 0.05) is 25.2 Å². The number of carboxylic acid groups (broad SMARTS) is 1. The third-order valence-electron chi connectivity index (χ3n) is 6.28. The van der Waals surface area contributed by atoms with Crippen LogP contribution in [0.3, 0.4) is 0 Å². The number of morpholine rings is 1. The van der Waals surface area contributed by atoms with Crippen LogP contribution in [0.4, 0.5) is 0 Å². The molecular weight excluding hydrogens is 458 g/mol. The Bertz CT molecular complexity index is 1100. The Labute approximate surface area is 213 Å². The molecule has 1 saturated heterocycles. The summed E-state index contributed by atoms with van der Waals surface area (Å²) in [6.45, 7) is 15.5. The molecule has 7 heteroatoms. The fraction of sp³-hybridized carbons (Fsp3) is 0.448. The van der Waals surface area contributed by atoms with Gasteiger partial charge in [-0.05, 0) is 99.7 Å². The normalized spacial score (nSPS) is 14.7. The summed E-state index contributed by atoms with van der Waals surface area (Å²) < 4.78 is 17.2. The van der Waals surface area contributed by atoms with Crippen LogP contribution in [0.2, 0.25) is 0 Å². The first-order valence-corrected chi connectivity index (χ1v) is 12.3. The molecule has 1 aliphatic rings. The van der Waals surface area contributed by atoms with E-state index in [2.05, 4.69) is 4.90 Å². The van der Waals surface area contributed by atoms with Crippen molar-refractivity contribution in [2.45, 2.75) is 47.1 Å². The van der Waals surface area contributed by atoms with Gasteiger partial charge in [-0.15, -0.1) is 0 Å². The van der Waals surface area contributed by atoms with Crippen LogP contribution in [0, 0.1) is 27.7 Å². The fourth-order valence-electron chi connectivity index (χ4n) is 4.23. The number of hydrogen-bond donors (Lipinski definition) is 1. The van der Waals surface area contributed by atoms with Gasteiger partial charge < -0.3 is 19.3 Å². The molecule has 0 unspecified atom stereocenters. The monoisotopic (exact) mass is 495 g/mol. The second kappa shape index (κ2) is 11.7. The lowest BCUT2D eigenvalue weighted by Gasteiger charge is -2.26. The molecule has 0 aliphatic carbocycles. The Hall–Kier alpha value is -3.16. The highest BCUT2D eigenvalue weighted by Crippen LogP contribution is 2.30. The van der Waals surface area contributed by atoms with E-state index in [1.165, 1.54) is 13.8 Å². The summed E-state index contributed by atoms with van der Waals surface area (Å²) in [4.78, 5) is 26.7. The Morgan fingerprint density at radius 3 is 2.08 bits per heavy atom. The predicted octanol–water partition coefficient (Wildman–Crippen LogP) is 4.77. The molecule has 0 radical (unpaired) electrons. The summed E-state index contributed by atoms with van der Waals surface area (Å²) in [5.41, 5.74) is 3.60. The standard InChI is InChI=1S/C29H37NO6/c1-19-15-23(16-20(2)27(19)36-29(5,6)28(32)33)7-8-25(31)24-17-21(3)26(22(4)18-24)35-14-11-30-9-12-34-13-10-30/h7-8,15-18H,9-14H2,1-6H3,(H,32,33)/b8-7+. The smallest absolute Gasteiger partial charge is 0.347 e. The number of rotatable bonds is 10. The summed E-state index contributed by atoms with van der Waals surface area (Å²) >= 11 is 0. The Kier molecular flexibility index (Phi) is 8.93. The molecule has 7 nitrogen and oxygen atoms in total. The average Bonchev–Trinajstić information content (AvgIpc) is 2.82. The van der Waals surface area contributed by atoms with Gasteiger partial charge in [0.05, 0.1) is 13.2 Å². The van der Waals surface area contributed by atoms with E-state index in [4.69, 9.17) is 14.2 Å². The minimum absolute atomic E-state index is 0.0938. The first-order valence-electron chi connectivity index (χ1n) is 12.3. The lowest BCUT2D eigenvalue weighted by Crippen LogP contribution is -2.38. The van der Waals surface area contributed by atoms with Gasteiger partial charge in [0.15, 0.2) is 11.4 Å². The highest BCUT2D eigenvalue weighted by molar-refractivity contribution is 6.07. The van der Waals surface area contributed by atoms with E-state index < -0.39 is 11.6 Å². The molecule has 0 amide bonds. The van der Waals surface area contributed by atoms with Crippen molar-refractivity contribution in [1.82, 2.24) is 4.90 Å². The minimum atomic E-state index is -1.34. The van der Waals surface area contributed by atoms with Crippen molar-refractivity contribution >= 4 is 17.8 Å². The van der Waals surface area contributed by atoms with Crippen LogP contribution in [-0.2, 0) is 9.53 Å². The van der Waals surface area contributed by atoms with E-state index in [9.17, 15) is 14.7 Å². The zero-order chi connectivity index (χ0) is 26.5. The maximum absolute atomic E-state index is 12.9. The number of aliphatic carboxylic acids is 1. The molecule has 0 atom stereocenters. The zero-order valence-corrected chi connectivity index (χ0v) is 22.1. The summed E-state index contributed by atoms with van der Waals surface area (Å²) in [7, 11) is 0. The number of hydrogen-bond acceptors (Lipinski definition) is 6.